The van der Waals surface area contributed by atoms with Gasteiger partial charge >= 0.3 is 6.18 Å². The number of carbonyl (C=O) groups is 1. The molecule has 2 atom stereocenters. The van der Waals surface area contributed by atoms with Crippen LogP contribution in [0.25, 0.3) is 0 Å². The van der Waals surface area contributed by atoms with Crippen molar-refractivity contribution in [1.29, 1.82) is 10.5 Å². The number of anilines is 1. The summed E-state index contributed by atoms with van der Waals surface area (Å²) < 4.78 is 70.1. The fourth-order valence-electron chi connectivity index (χ4n) is 3.53. The van der Waals surface area contributed by atoms with Gasteiger partial charge in [0.15, 0.2) is 5.69 Å². The fourth-order valence-corrected chi connectivity index (χ4v) is 3.53. The van der Waals surface area contributed by atoms with Gasteiger partial charge in [0.05, 0.1) is 29.2 Å². The van der Waals surface area contributed by atoms with Gasteiger partial charge in [-0.25, -0.2) is 8.78 Å². The Bertz CT molecular complexity index is 1020. The SMILES string of the molecule is N#Cc1cc(C#N)cc(C(C(=O)Nc2cc(C(F)(F)F)no2)C2CCC(F)(F)C2)c1. The van der Waals surface area contributed by atoms with Crippen molar-refractivity contribution in [2.45, 2.75) is 37.3 Å². The van der Waals surface area contributed by atoms with E-state index >= 15 is 0 Å². The van der Waals surface area contributed by atoms with Gasteiger partial charge in [0.1, 0.15) is 0 Å². The van der Waals surface area contributed by atoms with Gasteiger partial charge in [-0.3, -0.25) is 10.1 Å². The maximum Gasteiger partial charge on any atom is 0.436 e. The van der Waals surface area contributed by atoms with E-state index in [1.807, 2.05) is 12.1 Å². The second-order valence-electron chi connectivity index (χ2n) is 6.97. The van der Waals surface area contributed by atoms with Crippen molar-refractivity contribution >= 4 is 11.8 Å². The number of hydrogen-bond acceptors (Lipinski definition) is 5. The van der Waals surface area contributed by atoms with Crippen LogP contribution < -0.4 is 5.32 Å². The van der Waals surface area contributed by atoms with Crippen LogP contribution in [-0.4, -0.2) is 17.0 Å². The number of halogens is 5. The smallest absolute Gasteiger partial charge is 0.338 e. The lowest BCUT2D eigenvalue weighted by atomic mass is 9.82. The lowest BCUT2D eigenvalue weighted by Gasteiger charge is -2.23. The van der Waals surface area contributed by atoms with Gasteiger partial charge in [-0.2, -0.15) is 23.7 Å². The Morgan fingerprint density at radius 2 is 1.83 bits per heavy atom. The molecule has 6 nitrogen and oxygen atoms in total. The number of amides is 1. The van der Waals surface area contributed by atoms with Crippen LogP contribution in [0.3, 0.4) is 0 Å². The fraction of sp³-hybridized carbons (Fsp3) is 0.368. The summed E-state index contributed by atoms with van der Waals surface area (Å²) in [5.74, 6) is -6.59. The van der Waals surface area contributed by atoms with Crippen LogP contribution in [0.15, 0.2) is 28.8 Å². The largest absolute Gasteiger partial charge is 0.436 e. The zero-order valence-corrected chi connectivity index (χ0v) is 15.1. The first-order valence-corrected chi connectivity index (χ1v) is 8.70. The predicted molar refractivity (Wildman–Crippen MR) is 91.0 cm³/mol. The van der Waals surface area contributed by atoms with Crippen molar-refractivity contribution in [3.05, 3.63) is 46.6 Å². The number of nitrogens with zero attached hydrogens (tertiary/aromatic N) is 3. The van der Waals surface area contributed by atoms with E-state index in [0.29, 0.717) is 6.07 Å². The molecule has 1 N–H and O–H groups in total. The Morgan fingerprint density at radius 3 is 2.30 bits per heavy atom. The Hall–Kier alpha value is -3.47. The Morgan fingerprint density at radius 1 is 1.20 bits per heavy atom. The molecule has 2 aromatic rings. The van der Waals surface area contributed by atoms with E-state index < -0.39 is 54.3 Å². The van der Waals surface area contributed by atoms with E-state index in [0.717, 1.165) is 0 Å². The first-order chi connectivity index (χ1) is 14.0. The molecule has 2 unspecified atom stereocenters. The van der Waals surface area contributed by atoms with Crippen molar-refractivity contribution in [3.63, 3.8) is 0 Å². The van der Waals surface area contributed by atoms with Crippen LogP contribution in [0.4, 0.5) is 27.8 Å². The Labute approximate surface area is 166 Å². The number of hydrogen-bond donors (Lipinski definition) is 1. The van der Waals surface area contributed by atoms with Crippen LogP contribution in [-0.2, 0) is 11.0 Å². The van der Waals surface area contributed by atoms with Crippen molar-refractivity contribution < 1.29 is 31.3 Å². The highest BCUT2D eigenvalue weighted by molar-refractivity contribution is 5.95. The number of nitrogens with one attached hydrogen (secondary N) is 1. The molecule has 1 aromatic carbocycles. The third kappa shape index (κ3) is 4.57. The molecule has 0 aliphatic heterocycles. The van der Waals surface area contributed by atoms with Crippen LogP contribution in [0.5, 0.6) is 0 Å². The van der Waals surface area contributed by atoms with Gasteiger partial charge in [0, 0.05) is 18.9 Å². The topological polar surface area (TPSA) is 103 Å². The maximum atomic E-state index is 13.8. The van der Waals surface area contributed by atoms with E-state index in [2.05, 4.69) is 15.0 Å². The highest BCUT2D eigenvalue weighted by atomic mass is 19.4. The van der Waals surface area contributed by atoms with Crippen LogP contribution in [0.2, 0.25) is 0 Å². The molecule has 156 valence electrons. The van der Waals surface area contributed by atoms with Crippen molar-refractivity contribution in [2.75, 3.05) is 5.32 Å². The third-order valence-electron chi connectivity index (χ3n) is 4.82. The van der Waals surface area contributed by atoms with Gasteiger partial charge in [-0.05, 0) is 36.1 Å². The van der Waals surface area contributed by atoms with Gasteiger partial charge < -0.3 is 4.52 Å². The average molecular weight is 424 g/mol. The van der Waals surface area contributed by atoms with E-state index in [4.69, 9.17) is 10.5 Å². The van der Waals surface area contributed by atoms with Gasteiger partial charge in [-0.1, -0.05) is 5.16 Å². The summed E-state index contributed by atoms with van der Waals surface area (Å²) in [7, 11) is 0. The van der Waals surface area contributed by atoms with Gasteiger partial charge in [0.2, 0.25) is 17.7 Å². The second kappa shape index (κ2) is 7.75. The number of benzene rings is 1. The number of rotatable bonds is 4. The van der Waals surface area contributed by atoms with Crippen LogP contribution >= 0.6 is 0 Å². The first-order valence-electron chi connectivity index (χ1n) is 8.70. The first kappa shape index (κ1) is 21.2. The van der Waals surface area contributed by atoms with E-state index in [1.165, 1.54) is 18.2 Å². The average Bonchev–Trinajstić information content (AvgIpc) is 3.27. The molecule has 3 rings (SSSR count). The quantitative estimate of drug-likeness (QED) is 0.723. The molecule has 1 heterocycles. The Kier molecular flexibility index (Phi) is 5.49. The highest BCUT2D eigenvalue weighted by Gasteiger charge is 2.45. The molecule has 1 fully saturated rings. The molecule has 0 radical (unpaired) electrons. The summed E-state index contributed by atoms with van der Waals surface area (Å²) in [5.41, 5.74) is -1.13. The van der Waals surface area contributed by atoms with Gasteiger partial charge in [-0.15, -0.1) is 0 Å². The number of nitriles is 2. The monoisotopic (exact) mass is 424 g/mol. The molecule has 1 aliphatic rings. The van der Waals surface area contributed by atoms with Crippen LogP contribution in [0, 0.1) is 28.6 Å². The number of carbonyl (C=O) groups excluding carboxylic acids is 1. The van der Waals surface area contributed by atoms with Crippen LogP contribution in [0.1, 0.15) is 47.6 Å². The maximum absolute atomic E-state index is 13.8. The number of aromatic nitrogens is 1. The van der Waals surface area contributed by atoms with E-state index in [-0.39, 0.29) is 23.1 Å². The molecule has 0 saturated heterocycles. The minimum absolute atomic E-state index is 0.0199. The molecule has 1 aliphatic carbocycles. The summed E-state index contributed by atoms with van der Waals surface area (Å²) in [4.78, 5) is 12.9. The van der Waals surface area contributed by atoms with Crippen molar-refractivity contribution in [2.24, 2.45) is 5.92 Å². The second-order valence-corrected chi connectivity index (χ2v) is 6.97. The molecule has 0 bridgehead atoms. The molecule has 11 heteroatoms. The van der Waals surface area contributed by atoms with Crippen molar-refractivity contribution in [1.82, 2.24) is 5.16 Å². The van der Waals surface area contributed by atoms with E-state index in [1.54, 1.807) is 0 Å². The van der Waals surface area contributed by atoms with E-state index in [9.17, 15) is 26.7 Å². The summed E-state index contributed by atoms with van der Waals surface area (Å²) >= 11 is 0. The van der Waals surface area contributed by atoms with Gasteiger partial charge in [0.25, 0.3) is 0 Å². The molecule has 30 heavy (non-hydrogen) atoms. The molecular formula is C19H13F5N4O2. The third-order valence-corrected chi connectivity index (χ3v) is 4.82. The van der Waals surface area contributed by atoms with Crippen molar-refractivity contribution in [3.8, 4) is 12.1 Å². The lowest BCUT2D eigenvalue weighted by Crippen LogP contribution is -2.27. The highest BCUT2D eigenvalue weighted by Crippen LogP contribution is 2.46. The molecule has 1 amide bonds. The molecule has 1 saturated carbocycles. The minimum Gasteiger partial charge on any atom is -0.338 e. The Balaban J connectivity index is 1.96. The summed E-state index contributed by atoms with van der Waals surface area (Å²) in [5, 5.41) is 23.3. The summed E-state index contributed by atoms with van der Waals surface area (Å²) in [6.07, 6.45) is -5.88. The predicted octanol–water partition coefficient (Wildman–Crippen LogP) is 4.59. The minimum atomic E-state index is -4.79. The molecule has 1 aromatic heterocycles. The molecular weight excluding hydrogens is 411 g/mol. The standard InChI is InChI=1S/C19H13F5N4O2/c20-18(21)2-1-12(7-18)16(13-4-10(8-25)3-11(5-13)9-26)17(29)27-15-6-14(28-30-15)19(22,23)24/h3-6,12,16H,1-2,7H2,(H,27,29). The summed E-state index contributed by atoms with van der Waals surface area (Å²) in [6, 6.07) is 7.99. The number of alkyl halides is 5. The summed E-state index contributed by atoms with van der Waals surface area (Å²) in [6.45, 7) is 0. The zero-order chi connectivity index (χ0) is 22.1. The lowest BCUT2D eigenvalue weighted by molar-refractivity contribution is -0.142. The normalized spacial score (nSPS) is 19.0. The zero-order valence-electron chi connectivity index (χ0n) is 15.1. The molecule has 0 spiro atoms.